The van der Waals surface area contributed by atoms with Crippen LogP contribution in [-0.2, 0) is 6.54 Å². The summed E-state index contributed by atoms with van der Waals surface area (Å²) in [6.45, 7) is 5.31. The zero-order chi connectivity index (χ0) is 13.5. The molecule has 3 heterocycles. The standard InChI is InChI=1S/C15H16N4S/c1-11-16-6-7-18(11)8-12-9-19(10-12)15-17-13-4-2-3-5-14(13)20-15/h2-7,12H,8-10H2,1H3. The van der Waals surface area contributed by atoms with E-state index in [0.29, 0.717) is 5.92 Å². The molecule has 0 N–H and O–H groups in total. The molecular weight excluding hydrogens is 268 g/mol. The number of benzene rings is 1. The smallest absolute Gasteiger partial charge is 0.186 e. The maximum atomic E-state index is 4.71. The van der Waals surface area contributed by atoms with Crippen molar-refractivity contribution in [1.29, 1.82) is 0 Å². The predicted octanol–water partition coefficient (Wildman–Crippen LogP) is 2.94. The minimum Gasteiger partial charge on any atom is -0.347 e. The highest BCUT2D eigenvalue weighted by molar-refractivity contribution is 7.22. The second kappa shape index (κ2) is 4.59. The van der Waals surface area contributed by atoms with Gasteiger partial charge in [-0.05, 0) is 19.1 Å². The molecule has 3 aromatic rings. The minimum absolute atomic E-state index is 0.704. The van der Waals surface area contributed by atoms with Crippen LogP contribution in [0.15, 0.2) is 36.7 Å². The van der Waals surface area contributed by atoms with E-state index >= 15 is 0 Å². The van der Waals surface area contributed by atoms with Crippen LogP contribution in [0.4, 0.5) is 5.13 Å². The van der Waals surface area contributed by atoms with E-state index in [-0.39, 0.29) is 0 Å². The monoisotopic (exact) mass is 284 g/mol. The first-order chi connectivity index (χ1) is 9.79. The molecular formula is C15H16N4S. The summed E-state index contributed by atoms with van der Waals surface area (Å²) in [7, 11) is 0. The Hall–Kier alpha value is -1.88. The van der Waals surface area contributed by atoms with Gasteiger partial charge < -0.3 is 9.47 Å². The van der Waals surface area contributed by atoms with Gasteiger partial charge in [0.1, 0.15) is 5.82 Å². The number of imidazole rings is 1. The zero-order valence-corrected chi connectivity index (χ0v) is 12.2. The molecule has 5 heteroatoms. The number of aryl methyl sites for hydroxylation is 1. The van der Waals surface area contributed by atoms with Gasteiger partial charge >= 0.3 is 0 Å². The number of rotatable bonds is 3. The van der Waals surface area contributed by atoms with Crippen LogP contribution in [0.25, 0.3) is 10.2 Å². The van der Waals surface area contributed by atoms with Gasteiger partial charge in [0.05, 0.1) is 10.2 Å². The van der Waals surface area contributed by atoms with Crippen LogP contribution in [0.2, 0.25) is 0 Å². The second-order valence-corrected chi connectivity index (χ2v) is 6.37. The Kier molecular flexibility index (Phi) is 2.73. The average Bonchev–Trinajstić information content (AvgIpc) is 2.99. The molecule has 0 aliphatic carbocycles. The number of aromatic nitrogens is 3. The highest BCUT2D eigenvalue weighted by Crippen LogP contribution is 2.33. The summed E-state index contributed by atoms with van der Waals surface area (Å²) in [6, 6.07) is 8.35. The van der Waals surface area contributed by atoms with Gasteiger partial charge in [-0.1, -0.05) is 23.5 Å². The minimum atomic E-state index is 0.704. The lowest BCUT2D eigenvalue weighted by Crippen LogP contribution is -2.48. The van der Waals surface area contributed by atoms with Crippen LogP contribution in [-0.4, -0.2) is 27.6 Å². The van der Waals surface area contributed by atoms with Crippen molar-refractivity contribution in [2.75, 3.05) is 18.0 Å². The molecule has 1 fully saturated rings. The molecule has 20 heavy (non-hydrogen) atoms. The van der Waals surface area contributed by atoms with E-state index in [4.69, 9.17) is 4.98 Å². The molecule has 1 aliphatic rings. The highest BCUT2D eigenvalue weighted by atomic mass is 32.1. The van der Waals surface area contributed by atoms with Crippen LogP contribution in [0.1, 0.15) is 5.82 Å². The Morgan fingerprint density at radius 2 is 2.15 bits per heavy atom. The van der Waals surface area contributed by atoms with Crippen LogP contribution >= 0.6 is 11.3 Å². The van der Waals surface area contributed by atoms with E-state index in [1.165, 1.54) is 4.70 Å². The largest absolute Gasteiger partial charge is 0.347 e. The normalized spacial score (nSPS) is 15.8. The first-order valence-electron chi connectivity index (χ1n) is 6.88. The summed E-state index contributed by atoms with van der Waals surface area (Å²) in [5.74, 6) is 1.80. The Morgan fingerprint density at radius 3 is 2.90 bits per heavy atom. The van der Waals surface area contributed by atoms with Crippen molar-refractivity contribution in [3.8, 4) is 0 Å². The highest BCUT2D eigenvalue weighted by Gasteiger charge is 2.29. The molecule has 4 rings (SSSR count). The number of hydrogen-bond donors (Lipinski definition) is 0. The molecule has 0 atom stereocenters. The van der Waals surface area contributed by atoms with Gasteiger partial charge in [-0.25, -0.2) is 9.97 Å². The predicted molar refractivity (Wildman–Crippen MR) is 82.3 cm³/mol. The molecule has 0 unspecified atom stereocenters. The van der Waals surface area contributed by atoms with Crippen LogP contribution in [0, 0.1) is 12.8 Å². The summed E-state index contributed by atoms with van der Waals surface area (Å²) in [5.41, 5.74) is 1.11. The van der Waals surface area contributed by atoms with Crippen LogP contribution in [0.5, 0.6) is 0 Å². The Balaban J connectivity index is 1.44. The molecule has 0 radical (unpaired) electrons. The fraction of sp³-hybridized carbons (Fsp3) is 0.333. The SMILES string of the molecule is Cc1nccn1CC1CN(c2nc3ccccc3s2)C1. The molecule has 2 aromatic heterocycles. The van der Waals surface area contributed by atoms with E-state index in [1.54, 1.807) is 11.3 Å². The first-order valence-corrected chi connectivity index (χ1v) is 7.69. The summed E-state index contributed by atoms with van der Waals surface area (Å²) in [6.07, 6.45) is 3.94. The van der Waals surface area contributed by atoms with Crippen molar-refractivity contribution < 1.29 is 0 Å². The number of nitrogens with zero attached hydrogens (tertiary/aromatic N) is 4. The van der Waals surface area contributed by atoms with Crippen molar-refractivity contribution in [3.05, 3.63) is 42.5 Å². The molecule has 102 valence electrons. The number of hydrogen-bond acceptors (Lipinski definition) is 4. The molecule has 0 amide bonds. The Bertz CT molecular complexity index is 706. The average molecular weight is 284 g/mol. The topological polar surface area (TPSA) is 34.0 Å². The fourth-order valence-corrected chi connectivity index (χ4v) is 3.70. The summed E-state index contributed by atoms with van der Waals surface area (Å²) >= 11 is 1.79. The third-order valence-corrected chi connectivity index (χ3v) is 4.99. The fourth-order valence-electron chi connectivity index (χ4n) is 2.71. The molecule has 1 aliphatic heterocycles. The van der Waals surface area contributed by atoms with E-state index in [2.05, 4.69) is 45.8 Å². The van der Waals surface area contributed by atoms with Crippen molar-refractivity contribution in [3.63, 3.8) is 0 Å². The van der Waals surface area contributed by atoms with Crippen molar-refractivity contribution >= 4 is 26.7 Å². The Labute approximate surface area is 121 Å². The number of anilines is 1. The van der Waals surface area contributed by atoms with Gasteiger partial charge in [0, 0.05) is 37.9 Å². The van der Waals surface area contributed by atoms with Gasteiger partial charge in [0.2, 0.25) is 0 Å². The van der Waals surface area contributed by atoms with Crippen LogP contribution in [0.3, 0.4) is 0 Å². The quantitative estimate of drug-likeness (QED) is 0.741. The molecule has 1 aromatic carbocycles. The third-order valence-electron chi connectivity index (χ3n) is 3.89. The van der Waals surface area contributed by atoms with E-state index in [0.717, 1.165) is 36.1 Å². The van der Waals surface area contributed by atoms with Gasteiger partial charge in [0.15, 0.2) is 5.13 Å². The molecule has 1 saturated heterocycles. The summed E-state index contributed by atoms with van der Waals surface area (Å²) in [5, 5.41) is 1.16. The maximum absolute atomic E-state index is 4.71. The Morgan fingerprint density at radius 1 is 1.30 bits per heavy atom. The molecule has 4 nitrogen and oxygen atoms in total. The van der Waals surface area contributed by atoms with Gasteiger partial charge in [-0.15, -0.1) is 0 Å². The van der Waals surface area contributed by atoms with Gasteiger partial charge in [-0.3, -0.25) is 0 Å². The lowest BCUT2D eigenvalue weighted by molar-refractivity contribution is 0.354. The van der Waals surface area contributed by atoms with E-state index < -0.39 is 0 Å². The molecule has 0 bridgehead atoms. The number of fused-ring (bicyclic) bond motifs is 1. The third kappa shape index (κ3) is 1.98. The summed E-state index contributed by atoms with van der Waals surface area (Å²) in [4.78, 5) is 11.4. The number of thiazole rings is 1. The lowest BCUT2D eigenvalue weighted by Gasteiger charge is -2.39. The van der Waals surface area contributed by atoms with E-state index in [9.17, 15) is 0 Å². The van der Waals surface area contributed by atoms with Crippen molar-refractivity contribution in [2.24, 2.45) is 5.92 Å². The van der Waals surface area contributed by atoms with Crippen molar-refractivity contribution in [1.82, 2.24) is 14.5 Å². The lowest BCUT2D eigenvalue weighted by atomic mass is 10.0. The maximum Gasteiger partial charge on any atom is 0.186 e. The van der Waals surface area contributed by atoms with E-state index in [1.807, 2.05) is 12.3 Å². The van der Waals surface area contributed by atoms with Gasteiger partial charge in [-0.2, -0.15) is 0 Å². The van der Waals surface area contributed by atoms with Crippen LogP contribution < -0.4 is 4.90 Å². The van der Waals surface area contributed by atoms with Crippen molar-refractivity contribution in [2.45, 2.75) is 13.5 Å². The molecule has 0 spiro atoms. The first kappa shape index (κ1) is 11.9. The molecule has 0 saturated carbocycles. The zero-order valence-electron chi connectivity index (χ0n) is 11.4. The number of para-hydroxylation sites is 1. The summed E-state index contributed by atoms with van der Waals surface area (Å²) < 4.78 is 3.51. The van der Waals surface area contributed by atoms with Gasteiger partial charge in [0.25, 0.3) is 0 Å². The second-order valence-electron chi connectivity index (χ2n) is 5.36.